The summed E-state index contributed by atoms with van der Waals surface area (Å²) in [6, 6.07) is 10.0. The summed E-state index contributed by atoms with van der Waals surface area (Å²) in [5, 5.41) is 1.11. The third kappa shape index (κ3) is 0.920. The number of hydrogen-bond donors (Lipinski definition) is 0. The monoisotopic (exact) mass is 169 g/mol. The molecule has 0 aliphatic carbocycles. The van der Waals surface area contributed by atoms with E-state index in [1.807, 2.05) is 30.5 Å². The molecule has 3 rings (SSSR count). The fourth-order valence-corrected chi connectivity index (χ4v) is 1.50. The van der Waals surface area contributed by atoms with Gasteiger partial charge in [-0.05, 0) is 12.1 Å². The topological polar surface area (TPSA) is 26.0 Å². The molecule has 0 amide bonds. The Morgan fingerprint density at radius 1 is 1.08 bits per heavy atom. The maximum absolute atomic E-state index is 5.62. The SMILES string of the molecule is c1ccc2oc3cncc-3cc2c1. The van der Waals surface area contributed by atoms with Crippen molar-refractivity contribution >= 4 is 11.0 Å². The van der Waals surface area contributed by atoms with Crippen LogP contribution in [0.3, 0.4) is 0 Å². The number of benzene rings is 1. The molecule has 13 heavy (non-hydrogen) atoms. The van der Waals surface area contributed by atoms with Crippen molar-refractivity contribution in [1.29, 1.82) is 0 Å². The van der Waals surface area contributed by atoms with E-state index in [1.54, 1.807) is 6.20 Å². The van der Waals surface area contributed by atoms with Gasteiger partial charge in [-0.15, -0.1) is 0 Å². The van der Waals surface area contributed by atoms with Gasteiger partial charge in [0.05, 0.1) is 6.20 Å². The number of nitrogens with zero attached hydrogens (tertiary/aromatic N) is 1. The van der Waals surface area contributed by atoms with Crippen LogP contribution in [0.1, 0.15) is 0 Å². The molecule has 1 aromatic rings. The fraction of sp³-hybridized carbons (Fsp3) is 0. The lowest BCUT2D eigenvalue weighted by Crippen LogP contribution is -1.75. The Morgan fingerprint density at radius 3 is 3.00 bits per heavy atom. The Kier molecular flexibility index (Phi) is 1.19. The van der Waals surface area contributed by atoms with E-state index in [2.05, 4.69) is 11.1 Å². The van der Waals surface area contributed by atoms with Crippen LogP contribution in [0.25, 0.3) is 22.3 Å². The first-order chi connectivity index (χ1) is 6.43. The fourth-order valence-electron chi connectivity index (χ4n) is 1.50. The lowest BCUT2D eigenvalue weighted by molar-refractivity contribution is 0.621. The molecule has 0 bridgehead atoms. The summed E-state index contributed by atoms with van der Waals surface area (Å²) < 4.78 is 5.62. The van der Waals surface area contributed by atoms with Gasteiger partial charge in [0, 0.05) is 17.1 Å². The van der Waals surface area contributed by atoms with Gasteiger partial charge >= 0.3 is 0 Å². The highest BCUT2D eigenvalue weighted by atomic mass is 16.3. The summed E-state index contributed by atoms with van der Waals surface area (Å²) in [6.45, 7) is 0. The Labute approximate surface area is 75.2 Å². The van der Waals surface area contributed by atoms with E-state index in [0.717, 1.165) is 22.3 Å². The van der Waals surface area contributed by atoms with Crippen molar-refractivity contribution in [3.8, 4) is 11.3 Å². The van der Waals surface area contributed by atoms with Gasteiger partial charge in [0.1, 0.15) is 5.58 Å². The molecular formula is C11H7NO. The maximum atomic E-state index is 5.62. The van der Waals surface area contributed by atoms with E-state index in [0.29, 0.717) is 0 Å². The molecule has 0 saturated carbocycles. The van der Waals surface area contributed by atoms with Crippen molar-refractivity contribution in [3.05, 3.63) is 42.7 Å². The van der Waals surface area contributed by atoms with E-state index in [1.165, 1.54) is 0 Å². The molecule has 2 nitrogen and oxygen atoms in total. The molecule has 0 spiro atoms. The highest BCUT2D eigenvalue weighted by molar-refractivity contribution is 5.82. The van der Waals surface area contributed by atoms with Crippen LogP contribution in [0.2, 0.25) is 0 Å². The molecule has 0 unspecified atom stereocenters. The quantitative estimate of drug-likeness (QED) is 0.517. The second kappa shape index (κ2) is 2.33. The van der Waals surface area contributed by atoms with Gasteiger partial charge < -0.3 is 4.42 Å². The number of hydrogen-bond acceptors (Lipinski definition) is 2. The highest BCUT2D eigenvalue weighted by Crippen LogP contribution is 2.27. The van der Waals surface area contributed by atoms with Crippen molar-refractivity contribution in [2.75, 3.05) is 0 Å². The lowest BCUT2D eigenvalue weighted by atomic mass is 10.1. The van der Waals surface area contributed by atoms with Crippen molar-refractivity contribution in [3.63, 3.8) is 0 Å². The minimum Gasteiger partial charge on any atom is -0.454 e. The van der Waals surface area contributed by atoms with Crippen molar-refractivity contribution in [2.45, 2.75) is 0 Å². The van der Waals surface area contributed by atoms with Crippen LogP contribution in [-0.2, 0) is 0 Å². The third-order valence-corrected chi connectivity index (χ3v) is 2.14. The van der Waals surface area contributed by atoms with E-state index in [4.69, 9.17) is 4.42 Å². The van der Waals surface area contributed by atoms with E-state index in [-0.39, 0.29) is 0 Å². The predicted molar refractivity (Wildman–Crippen MR) is 50.6 cm³/mol. The largest absolute Gasteiger partial charge is 0.454 e. The summed E-state index contributed by atoms with van der Waals surface area (Å²) in [5.41, 5.74) is 1.96. The molecule has 2 aliphatic rings. The second-order valence-corrected chi connectivity index (χ2v) is 3.01. The van der Waals surface area contributed by atoms with E-state index < -0.39 is 0 Å². The van der Waals surface area contributed by atoms with Crippen molar-refractivity contribution < 1.29 is 4.42 Å². The third-order valence-electron chi connectivity index (χ3n) is 2.14. The molecule has 0 fully saturated rings. The van der Waals surface area contributed by atoms with Crippen LogP contribution >= 0.6 is 0 Å². The standard InChI is InChI=1S/C11H7NO/c1-2-4-10-8(3-1)5-9-6-12-7-11(9)13-10/h1-7H. The number of fused-ring (bicyclic) bond motifs is 2. The van der Waals surface area contributed by atoms with Gasteiger partial charge in [0.25, 0.3) is 0 Å². The van der Waals surface area contributed by atoms with Crippen LogP contribution < -0.4 is 0 Å². The summed E-state index contributed by atoms with van der Waals surface area (Å²) in [4.78, 5) is 4.03. The molecule has 0 N–H and O–H groups in total. The van der Waals surface area contributed by atoms with Gasteiger partial charge in [0.2, 0.25) is 0 Å². The van der Waals surface area contributed by atoms with Crippen LogP contribution in [0.5, 0.6) is 0 Å². The first-order valence-electron chi connectivity index (χ1n) is 4.16. The molecular weight excluding hydrogens is 162 g/mol. The van der Waals surface area contributed by atoms with Crippen LogP contribution in [0, 0.1) is 0 Å². The number of rotatable bonds is 0. The summed E-state index contributed by atoms with van der Waals surface area (Å²) in [7, 11) is 0. The Balaban J connectivity index is 2.52. The zero-order valence-corrected chi connectivity index (χ0v) is 6.90. The van der Waals surface area contributed by atoms with Crippen LogP contribution in [0.4, 0.5) is 0 Å². The van der Waals surface area contributed by atoms with Gasteiger partial charge in [-0.2, -0.15) is 0 Å². The number of aromatic nitrogens is 1. The zero-order valence-electron chi connectivity index (χ0n) is 6.90. The van der Waals surface area contributed by atoms with Crippen molar-refractivity contribution in [1.82, 2.24) is 4.98 Å². The number of para-hydroxylation sites is 1. The first kappa shape index (κ1) is 6.66. The maximum Gasteiger partial charge on any atom is 0.154 e. The Morgan fingerprint density at radius 2 is 2.00 bits per heavy atom. The van der Waals surface area contributed by atoms with E-state index in [9.17, 15) is 0 Å². The van der Waals surface area contributed by atoms with Crippen molar-refractivity contribution in [2.24, 2.45) is 0 Å². The smallest absolute Gasteiger partial charge is 0.154 e. The minimum atomic E-state index is 0.846. The normalized spacial score (nSPS) is 11.1. The molecule has 2 heteroatoms. The van der Waals surface area contributed by atoms with Gasteiger partial charge in [-0.1, -0.05) is 18.2 Å². The molecule has 0 radical (unpaired) electrons. The molecule has 1 aromatic carbocycles. The minimum absolute atomic E-state index is 0.846. The van der Waals surface area contributed by atoms with Gasteiger partial charge in [-0.25, -0.2) is 0 Å². The van der Waals surface area contributed by atoms with Crippen LogP contribution in [0.15, 0.2) is 47.1 Å². The zero-order chi connectivity index (χ0) is 8.67. The lowest BCUT2D eigenvalue weighted by Gasteiger charge is -2.00. The average Bonchev–Trinajstić information content (AvgIpc) is 2.61. The highest BCUT2D eigenvalue weighted by Gasteiger charge is 2.06. The summed E-state index contributed by atoms with van der Waals surface area (Å²) in [5.74, 6) is 0.846. The molecule has 0 saturated heterocycles. The second-order valence-electron chi connectivity index (χ2n) is 3.01. The average molecular weight is 169 g/mol. The van der Waals surface area contributed by atoms with Gasteiger partial charge in [-0.3, -0.25) is 4.98 Å². The van der Waals surface area contributed by atoms with Crippen LogP contribution in [-0.4, -0.2) is 4.98 Å². The molecule has 2 heterocycles. The summed E-state index contributed by atoms with van der Waals surface area (Å²) in [6.07, 6.45) is 3.55. The Hall–Kier alpha value is -1.83. The van der Waals surface area contributed by atoms with Gasteiger partial charge in [0.15, 0.2) is 5.76 Å². The van der Waals surface area contributed by atoms with E-state index >= 15 is 0 Å². The molecule has 2 aliphatic heterocycles. The molecule has 0 atom stereocenters. The molecule has 62 valence electrons. The predicted octanol–water partition coefficient (Wildman–Crippen LogP) is 2.93. The summed E-state index contributed by atoms with van der Waals surface area (Å²) >= 11 is 0. The molecule has 0 aromatic heterocycles. The first-order valence-corrected chi connectivity index (χ1v) is 4.16. The Bertz CT molecular complexity index is 480.